The van der Waals surface area contributed by atoms with Crippen molar-refractivity contribution >= 4 is 15.9 Å². The quantitative estimate of drug-likeness (QED) is 0.801. The van der Waals surface area contributed by atoms with Crippen LogP contribution in [0.4, 0.5) is 4.39 Å². The Balaban J connectivity index is 2.66. The van der Waals surface area contributed by atoms with E-state index >= 15 is 0 Å². The molecular weight excluding hydrogens is 247 g/mol. The number of rotatable bonds is 4. The summed E-state index contributed by atoms with van der Waals surface area (Å²) in [5, 5.41) is 0. The van der Waals surface area contributed by atoms with Gasteiger partial charge < -0.3 is 4.74 Å². The van der Waals surface area contributed by atoms with Crippen molar-refractivity contribution in [2.24, 2.45) is 0 Å². The van der Waals surface area contributed by atoms with Gasteiger partial charge in [-0.1, -0.05) is 28.1 Å². The van der Waals surface area contributed by atoms with Crippen LogP contribution in [0.2, 0.25) is 0 Å². The van der Waals surface area contributed by atoms with Crippen molar-refractivity contribution in [2.45, 2.75) is 12.8 Å². The highest BCUT2D eigenvalue weighted by Crippen LogP contribution is 2.18. The summed E-state index contributed by atoms with van der Waals surface area (Å²) in [6.45, 7) is 0. The number of hydrogen-bond acceptors (Lipinski definition) is 1. The largest absolute Gasteiger partial charge is 0.494 e. The van der Waals surface area contributed by atoms with Gasteiger partial charge in [-0.05, 0) is 35.5 Å². The van der Waals surface area contributed by atoms with Crippen LogP contribution in [0.25, 0.3) is 0 Å². The minimum Gasteiger partial charge on any atom is -0.494 e. The first kappa shape index (κ1) is 11.2. The average molecular weight is 259 g/mol. The molecule has 1 aromatic carbocycles. The first-order chi connectivity index (χ1) is 6.77. The topological polar surface area (TPSA) is 9.23 Å². The van der Waals surface area contributed by atoms with Crippen molar-refractivity contribution in [1.29, 1.82) is 0 Å². The van der Waals surface area contributed by atoms with Crippen molar-refractivity contribution < 1.29 is 9.13 Å². The van der Waals surface area contributed by atoms with Crippen molar-refractivity contribution in [3.63, 3.8) is 0 Å². The monoisotopic (exact) mass is 258 g/mol. The summed E-state index contributed by atoms with van der Waals surface area (Å²) in [4.78, 5) is 1.81. The number of benzene rings is 1. The molecule has 0 N–H and O–H groups in total. The third-order valence-electron chi connectivity index (χ3n) is 1.90. The number of aryl methyl sites for hydroxylation is 1. The second-order valence-electron chi connectivity index (χ2n) is 2.87. The van der Waals surface area contributed by atoms with Crippen LogP contribution in [0.1, 0.15) is 12.0 Å². The summed E-state index contributed by atoms with van der Waals surface area (Å²) in [6, 6.07) is 5.05. The molecule has 76 valence electrons. The highest BCUT2D eigenvalue weighted by atomic mass is 79.9. The lowest BCUT2D eigenvalue weighted by Gasteiger charge is -2.03. The second-order valence-corrected chi connectivity index (χ2v) is 3.40. The Morgan fingerprint density at radius 3 is 2.86 bits per heavy atom. The smallest absolute Gasteiger partial charge is 0.165 e. The number of methoxy groups -OCH3 is 1. The van der Waals surface area contributed by atoms with Crippen LogP contribution in [0.15, 0.2) is 29.3 Å². The molecule has 1 nitrogen and oxygen atoms in total. The second kappa shape index (κ2) is 5.81. The fourth-order valence-electron chi connectivity index (χ4n) is 1.18. The summed E-state index contributed by atoms with van der Waals surface area (Å²) in [6.07, 6.45) is 3.72. The van der Waals surface area contributed by atoms with Crippen molar-refractivity contribution in [3.8, 4) is 5.75 Å². The van der Waals surface area contributed by atoms with Gasteiger partial charge in [0.05, 0.1) is 7.11 Å². The highest BCUT2D eigenvalue weighted by Gasteiger charge is 2.02. The maximum Gasteiger partial charge on any atom is 0.165 e. The normalized spacial score (nSPS) is 10.8. The minimum atomic E-state index is -0.298. The van der Waals surface area contributed by atoms with Crippen LogP contribution in [-0.4, -0.2) is 7.11 Å². The first-order valence-electron chi connectivity index (χ1n) is 4.35. The zero-order chi connectivity index (χ0) is 10.4. The predicted octanol–water partition coefficient (Wildman–Crippen LogP) is 3.68. The lowest BCUT2D eigenvalue weighted by atomic mass is 10.1. The number of halogens is 2. The van der Waals surface area contributed by atoms with Crippen LogP contribution < -0.4 is 4.74 Å². The number of hydrogen-bond donors (Lipinski definition) is 0. The average Bonchev–Trinajstić information content (AvgIpc) is 2.18. The molecular formula is C11H12BrFO. The fourth-order valence-corrected chi connectivity index (χ4v) is 1.44. The molecule has 0 aliphatic heterocycles. The molecule has 0 unspecified atom stereocenters. The lowest BCUT2D eigenvalue weighted by Crippen LogP contribution is -1.90. The maximum atomic E-state index is 13.2. The van der Waals surface area contributed by atoms with E-state index in [0.29, 0.717) is 5.75 Å². The van der Waals surface area contributed by atoms with Gasteiger partial charge in [-0.2, -0.15) is 0 Å². The van der Waals surface area contributed by atoms with Crippen LogP contribution >= 0.6 is 15.9 Å². The maximum absolute atomic E-state index is 13.2. The van der Waals surface area contributed by atoms with Crippen LogP contribution in [0.5, 0.6) is 5.75 Å². The van der Waals surface area contributed by atoms with Crippen LogP contribution in [-0.2, 0) is 6.42 Å². The molecule has 0 aliphatic carbocycles. The van der Waals surface area contributed by atoms with E-state index in [-0.39, 0.29) is 5.82 Å². The highest BCUT2D eigenvalue weighted by molar-refractivity contribution is 9.11. The van der Waals surface area contributed by atoms with Gasteiger partial charge in [0.15, 0.2) is 11.6 Å². The predicted molar refractivity (Wildman–Crippen MR) is 59.3 cm³/mol. The van der Waals surface area contributed by atoms with Gasteiger partial charge in [0.1, 0.15) is 0 Å². The van der Waals surface area contributed by atoms with Crippen LogP contribution in [0, 0.1) is 5.82 Å². The standard InChI is InChI=1S/C11H12BrFO/c1-14-11-6-5-9(8-10(11)13)4-2-3-7-12/h3,5-8H,2,4H2,1H3/b7-3+. The van der Waals surface area contributed by atoms with Gasteiger partial charge >= 0.3 is 0 Å². The molecule has 1 rings (SSSR count). The van der Waals surface area contributed by atoms with Gasteiger partial charge in [0.25, 0.3) is 0 Å². The molecule has 14 heavy (non-hydrogen) atoms. The third kappa shape index (κ3) is 3.14. The number of allylic oxidation sites excluding steroid dienone is 1. The summed E-state index contributed by atoms with van der Waals surface area (Å²) < 4.78 is 18.0. The van der Waals surface area contributed by atoms with E-state index in [4.69, 9.17) is 4.74 Å². The van der Waals surface area contributed by atoms with E-state index in [9.17, 15) is 4.39 Å². The zero-order valence-electron chi connectivity index (χ0n) is 7.97. The number of ether oxygens (including phenoxy) is 1. The van der Waals surface area contributed by atoms with Gasteiger partial charge in [-0.15, -0.1) is 0 Å². The summed E-state index contributed by atoms with van der Waals surface area (Å²) in [5.74, 6) is -0.00222. The van der Waals surface area contributed by atoms with E-state index in [1.54, 1.807) is 6.07 Å². The van der Waals surface area contributed by atoms with Crippen molar-refractivity contribution in [2.75, 3.05) is 7.11 Å². The Bertz CT molecular complexity index is 323. The van der Waals surface area contributed by atoms with Gasteiger partial charge in [-0.3, -0.25) is 0 Å². The van der Waals surface area contributed by atoms with Crippen LogP contribution in [0.3, 0.4) is 0 Å². The fraction of sp³-hybridized carbons (Fsp3) is 0.273. The van der Waals surface area contributed by atoms with E-state index < -0.39 is 0 Å². The summed E-state index contributed by atoms with van der Waals surface area (Å²) >= 11 is 3.19. The van der Waals surface area contributed by atoms with Gasteiger partial charge in [-0.25, -0.2) is 4.39 Å². The molecule has 0 bridgehead atoms. The van der Waals surface area contributed by atoms with E-state index in [0.717, 1.165) is 18.4 Å². The molecule has 1 aromatic rings. The zero-order valence-corrected chi connectivity index (χ0v) is 9.55. The van der Waals surface area contributed by atoms with Gasteiger partial charge in [0, 0.05) is 0 Å². The van der Waals surface area contributed by atoms with E-state index in [1.807, 2.05) is 17.1 Å². The summed E-state index contributed by atoms with van der Waals surface area (Å²) in [7, 11) is 1.46. The summed E-state index contributed by atoms with van der Waals surface area (Å²) in [5.41, 5.74) is 0.980. The molecule has 0 heterocycles. The van der Waals surface area contributed by atoms with Gasteiger partial charge in [0.2, 0.25) is 0 Å². The molecule has 0 saturated carbocycles. The SMILES string of the molecule is COc1ccc(CC/C=C/Br)cc1F. The Morgan fingerprint density at radius 2 is 2.29 bits per heavy atom. The minimum absolute atomic E-state index is 0.296. The molecule has 3 heteroatoms. The molecule has 0 aromatic heterocycles. The Morgan fingerprint density at radius 1 is 1.50 bits per heavy atom. The third-order valence-corrected chi connectivity index (χ3v) is 2.28. The Kier molecular flexibility index (Phi) is 4.66. The molecule has 0 fully saturated rings. The Hall–Kier alpha value is -0.830. The Labute approximate surface area is 91.7 Å². The van der Waals surface area contributed by atoms with Crippen molar-refractivity contribution in [3.05, 3.63) is 40.6 Å². The molecule has 0 amide bonds. The molecule has 0 saturated heterocycles. The molecule has 0 radical (unpaired) electrons. The lowest BCUT2D eigenvalue weighted by molar-refractivity contribution is 0.386. The first-order valence-corrected chi connectivity index (χ1v) is 5.27. The molecule has 0 spiro atoms. The van der Waals surface area contributed by atoms with Crippen molar-refractivity contribution in [1.82, 2.24) is 0 Å². The molecule has 0 atom stereocenters. The van der Waals surface area contributed by atoms with E-state index in [1.165, 1.54) is 13.2 Å². The van der Waals surface area contributed by atoms with E-state index in [2.05, 4.69) is 15.9 Å². The molecule has 0 aliphatic rings.